The Morgan fingerprint density at radius 1 is 0.800 bits per heavy atom. The fraction of sp³-hybridized carbons (Fsp3) is 0.516. The van der Waals surface area contributed by atoms with Crippen LogP contribution < -0.4 is 32.3 Å². The van der Waals surface area contributed by atoms with Crippen molar-refractivity contribution in [3.8, 4) is 5.75 Å². The summed E-state index contributed by atoms with van der Waals surface area (Å²) in [7, 11) is 0. The van der Waals surface area contributed by atoms with Crippen molar-refractivity contribution in [1.29, 1.82) is 0 Å². The van der Waals surface area contributed by atoms with Crippen LogP contribution in [0.5, 0.6) is 5.75 Å². The Morgan fingerprint density at radius 3 is 1.80 bits per heavy atom. The number of carboxylic acid groups (broad SMARTS) is 1. The molecule has 1 aromatic carbocycles. The zero-order chi connectivity index (χ0) is 37.4. The number of aromatic hydroxyl groups is 1. The quantitative estimate of drug-likeness (QED) is 0.0619. The van der Waals surface area contributed by atoms with Crippen molar-refractivity contribution in [1.82, 2.24) is 36.6 Å². The molecule has 0 radical (unpaired) electrons. The van der Waals surface area contributed by atoms with Gasteiger partial charge in [-0.2, -0.15) is 11.8 Å². The fourth-order valence-electron chi connectivity index (χ4n) is 4.56. The number of imidazole rings is 1. The molecular weight excluding hydrogens is 676 g/mol. The minimum Gasteiger partial charge on any atom is -0.508 e. The summed E-state index contributed by atoms with van der Waals surface area (Å²) in [6.45, 7) is 1.28. The molecule has 0 unspecified atom stereocenters. The van der Waals surface area contributed by atoms with E-state index in [0.29, 0.717) is 17.0 Å². The van der Waals surface area contributed by atoms with Gasteiger partial charge in [0.15, 0.2) is 0 Å². The third-order valence-electron chi connectivity index (χ3n) is 7.45. The van der Waals surface area contributed by atoms with E-state index >= 15 is 0 Å². The molecule has 0 spiro atoms. The molecule has 19 heteroatoms. The van der Waals surface area contributed by atoms with E-state index in [4.69, 9.17) is 5.73 Å². The number of carboxylic acids is 1. The molecule has 2 aromatic rings. The number of aliphatic hydroxyl groups is 2. The lowest BCUT2D eigenvalue weighted by Gasteiger charge is -2.26. The Balaban J connectivity index is 2.14. The van der Waals surface area contributed by atoms with Crippen LogP contribution in [0.1, 0.15) is 31.5 Å². The van der Waals surface area contributed by atoms with E-state index in [1.807, 2.05) is 0 Å². The average Bonchev–Trinajstić information content (AvgIpc) is 3.59. The lowest BCUT2D eigenvalue weighted by atomic mass is 10.0. The minimum absolute atomic E-state index is 0.0510. The Morgan fingerprint density at radius 2 is 1.32 bits per heavy atom. The van der Waals surface area contributed by atoms with E-state index < -0.39 is 90.9 Å². The number of aliphatic hydroxyl groups excluding tert-OH is 2. The van der Waals surface area contributed by atoms with Crippen molar-refractivity contribution >= 4 is 47.3 Å². The first-order chi connectivity index (χ1) is 23.7. The van der Waals surface area contributed by atoms with Gasteiger partial charge in [-0.3, -0.25) is 24.0 Å². The predicted molar refractivity (Wildman–Crippen MR) is 181 cm³/mol. The number of benzene rings is 1. The number of nitrogens with two attached hydrogens (primary N) is 1. The Hall–Kier alpha value is -4.72. The number of H-pyrrole nitrogens is 1. The number of nitrogens with one attached hydrogen (secondary N) is 6. The van der Waals surface area contributed by atoms with Crippen LogP contribution in [-0.2, 0) is 41.6 Å². The molecule has 12 N–H and O–H groups in total. The van der Waals surface area contributed by atoms with Gasteiger partial charge in [-0.05, 0) is 42.0 Å². The molecule has 50 heavy (non-hydrogen) atoms. The molecular formula is C31H46N8O10S. The monoisotopic (exact) mass is 722 g/mol. The van der Waals surface area contributed by atoms with Crippen molar-refractivity contribution in [3.63, 3.8) is 0 Å². The second-order valence-corrected chi connectivity index (χ2v) is 12.7. The first kappa shape index (κ1) is 41.5. The molecule has 1 aromatic heterocycles. The second kappa shape index (κ2) is 20.7. The topological polar surface area (TPSA) is 298 Å². The summed E-state index contributed by atoms with van der Waals surface area (Å²) in [6, 6.07) is -2.44. The summed E-state index contributed by atoms with van der Waals surface area (Å²) in [5.41, 5.74) is 7.07. The Bertz CT molecular complexity index is 1430. The highest BCUT2D eigenvalue weighted by Gasteiger charge is 2.33. The maximum atomic E-state index is 13.2. The van der Waals surface area contributed by atoms with Crippen LogP contribution in [-0.4, -0.2) is 127 Å². The highest BCUT2D eigenvalue weighted by Crippen LogP contribution is 2.13. The highest BCUT2D eigenvalue weighted by atomic mass is 32.2. The van der Waals surface area contributed by atoms with Crippen molar-refractivity contribution in [2.75, 3.05) is 25.2 Å². The van der Waals surface area contributed by atoms with Gasteiger partial charge in [0.1, 0.15) is 36.0 Å². The van der Waals surface area contributed by atoms with Gasteiger partial charge >= 0.3 is 5.97 Å². The molecule has 0 fully saturated rings. The van der Waals surface area contributed by atoms with E-state index in [9.17, 15) is 49.2 Å². The molecule has 0 aliphatic rings. The predicted octanol–water partition coefficient (Wildman–Crippen LogP) is -2.87. The van der Waals surface area contributed by atoms with Crippen LogP contribution >= 0.6 is 11.8 Å². The van der Waals surface area contributed by atoms with E-state index in [-0.39, 0.29) is 25.0 Å². The minimum atomic E-state index is -1.67. The zero-order valence-electron chi connectivity index (χ0n) is 27.9. The number of aromatic amines is 1. The number of nitrogens with zero attached hydrogens (tertiary/aromatic N) is 1. The summed E-state index contributed by atoms with van der Waals surface area (Å²) in [5.74, 6) is -5.83. The number of rotatable bonds is 21. The lowest BCUT2D eigenvalue weighted by molar-refractivity contribution is -0.143. The normalized spacial score (nSPS) is 14.7. The number of carbonyl (C=O) groups is 6. The highest BCUT2D eigenvalue weighted by molar-refractivity contribution is 7.98. The van der Waals surface area contributed by atoms with Crippen LogP contribution in [0.25, 0.3) is 0 Å². The van der Waals surface area contributed by atoms with Crippen LogP contribution in [0.4, 0.5) is 0 Å². The lowest BCUT2D eigenvalue weighted by Crippen LogP contribution is -2.61. The largest absolute Gasteiger partial charge is 0.508 e. The number of amides is 5. The second-order valence-electron chi connectivity index (χ2n) is 11.7. The standard InChI is InChI=1S/C31H46N8O10S/c1-16(2)25(31(48)49)39-28(45)22(10-17-4-6-19(42)7-5-17)36-29(46)23(13-40)38-30(47)24(14-41)37-27(44)21(8-9-50-3)35-26(43)20(32)11-18-12-33-15-34-18/h4-7,12,15-16,20-25,40-42H,8-11,13-14,32H2,1-3H3,(H,33,34)(H,35,43)(H,36,46)(H,37,44)(H,38,47)(H,39,45)(H,48,49)/t20-,21-,22-,23-,24-,25-/m0/s1. The molecule has 0 aliphatic heterocycles. The third-order valence-corrected chi connectivity index (χ3v) is 8.09. The maximum absolute atomic E-state index is 13.2. The average molecular weight is 723 g/mol. The van der Waals surface area contributed by atoms with Crippen LogP contribution in [0.2, 0.25) is 0 Å². The van der Waals surface area contributed by atoms with Gasteiger partial charge < -0.3 is 57.7 Å². The van der Waals surface area contributed by atoms with Crippen molar-refractivity contribution in [3.05, 3.63) is 48.0 Å². The zero-order valence-corrected chi connectivity index (χ0v) is 28.7. The van der Waals surface area contributed by atoms with Gasteiger partial charge in [-0.1, -0.05) is 26.0 Å². The smallest absolute Gasteiger partial charge is 0.326 e. The number of phenols is 1. The van der Waals surface area contributed by atoms with Gasteiger partial charge in [-0.25, -0.2) is 9.78 Å². The number of aromatic nitrogens is 2. The molecule has 18 nitrogen and oxygen atoms in total. The van der Waals surface area contributed by atoms with Crippen LogP contribution in [0, 0.1) is 5.92 Å². The van der Waals surface area contributed by atoms with Gasteiger partial charge in [0.05, 0.1) is 25.6 Å². The van der Waals surface area contributed by atoms with Gasteiger partial charge in [0.25, 0.3) is 0 Å². The van der Waals surface area contributed by atoms with Gasteiger partial charge in [0, 0.05) is 24.7 Å². The van der Waals surface area contributed by atoms with Crippen molar-refractivity contribution in [2.24, 2.45) is 11.7 Å². The van der Waals surface area contributed by atoms with E-state index in [2.05, 4.69) is 36.6 Å². The third kappa shape index (κ3) is 13.3. The molecule has 276 valence electrons. The molecule has 2 rings (SSSR count). The first-order valence-corrected chi connectivity index (χ1v) is 17.1. The van der Waals surface area contributed by atoms with Crippen molar-refractivity contribution in [2.45, 2.75) is 69.4 Å². The maximum Gasteiger partial charge on any atom is 0.326 e. The molecule has 0 aliphatic carbocycles. The molecule has 5 amide bonds. The fourth-order valence-corrected chi connectivity index (χ4v) is 5.03. The summed E-state index contributed by atoms with van der Waals surface area (Å²) in [4.78, 5) is 83.9. The summed E-state index contributed by atoms with van der Waals surface area (Å²) >= 11 is 1.40. The Labute approximate surface area is 292 Å². The summed E-state index contributed by atoms with van der Waals surface area (Å²) < 4.78 is 0. The molecule has 6 atom stereocenters. The van der Waals surface area contributed by atoms with E-state index in [1.165, 1.54) is 48.6 Å². The van der Waals surface area contributed by atoms with E-state index in [1.54, 1.807) is 20.1 Å². The molecule has 0 saturated heterocycles. The Kier molecular flexibility index (Phi) is 17.2. The van der Waals surface area contributed by atoms with Crippen LogP contribution in [0.15, 0.2) is 36.8 Å². The SMILES string of the molecule is CSCC[C@H](NC(=O)[C@@H](N)Cc1cnc[nH]1)C(=O)N[C@@H](CO)C(=O)N[C@@H](CO)C(=O)N[C@@H](Cc1ccc(O)cc1)C(=O)N[C@H](C(=O)O)C(C)C. The van der Waals surface area contributed by atoms with Gasteiger partial charge in [0.2, 0.25) is 29.5 Å². The van der Waals surface area contributed by atoms with Crippen molar-refractivity contribution < 1.29 is 49.2 Å². The number of thioether (sulfide) groups is 1. The number of aliphatic carboxylic acids is 1. The van der Waals surface area contributed by atoms with E-state index in [0.717, 1.165) is 0 Å². The van der Waals surface area contributed by atoms with Crippen LogP contribution in [0.3, 0.4) is 0 Å². The molecule has 0 bridgehead atoms. The summed E-state index contributed by atoms with van der Waals surface area (Å²) in [6.07, 6.45) is 4.83. The van der Waals surface area contributed by atoms with Gasteiger partial charge in [-0.15, -0.1) is 0 Å². The molecule has 1 heterocycles. The summed E-state index contributed by atoms with van der Waals surface area (Å²) in [5, 5.41) is 51.0. The number of phenolic OH excluding ortho intramolecular Hbond substituents is 1. The molecule has 0 saturated carbocycles. The number of carbonyl (C=O) groups excluding carboxylic acids is 5. The number of hydrogen-bond donors (Lipinski definition) is 11. The number of hydrogen-bond acceptors (Lipinski definition) is 12. The first-order valence-electron chi connectivity index (χ1n) is 15.7.